The number of carbonyl (C=O) groups excluding carboxylic acids is 1. The van der Waals surface area contributed by atoms with Crippen LogP contribution in [-0.2, 0) is 6.54 Å². The van der Waals surface area contributed by atoms with Crippen LogP contribution in [-0.4, -0.2) is 28.1 Å². The Morgan fingerprint density at radius 2 is 2.41 bits per heavy atom. The van der Waals surface area contributed by atoms with Crippen molar-refractivity contribution in [1.29, 1.82) is 0 Å². The Hall–Kier alpha value is -2.24. The second-order valence-corrected chi connectivity index (χ2v) is 3.90. The number of rotatable bonds is 3. The van der Waals surface area contributed by atoms with E-state index in [9.17, 15) is 4.79 Å². The van der Waals surface area contributed by atoms with Crippen LogP contribution in [0.2, 0.25) is 0 Å². The summed E-state index contributed by atoms with van der Waals surface area (Å²) in [6, 6.07) is 1.81. The maximum Gasteiger partial charge on any atom is 0.276 e. The molecule has 17 heavy (non-hydrogen) atoms. The predicted octanol–water partition coefficient (Wildman–Crippen LogP) is 1.17. The van der Waals surface area contributed by atoms with Gasteiger partial charge < -0.3 is 15.1 Å². The number of aromatic amines is 1. The molecule has 0 unspecified atom stereocenters. The third-order valence-electron chi connectivity index (χ3n) is 2.54. The second kappa shape index (κ2) is 4.32. The van der Waals surface area contributed by atoms with Crippen molar-refractivity contribution in [2.45, 2.75) is 13.5 Å². The fraction of sp³-hybridized carbons (Fsp3) is 0.273. The molecule has 2 aromatic rings. The number of nitrogen functional groups attached to an aromatic ring is 1. The van der Waals surface area contributed by atoms with Gasteiger partial charge in [0.15, 0.2) is 5.69 Å². The first-order valence-electron chi connectivity index (χ1n) is 5.16. The normalized spacial score (nSPS) is 10.5. The Kier molecular flexibility index (Phi) is 2.86. The minimum Gasteiger partial charge on any atom is -0.472 e. The van der Waals surface area contributed by atoms with E-state index in [-0.39, 0.29) is 11.6 Å². The fourth-order valence-electron chi connectivity index (χ4n) is 1.51. The van der Waals surface area contributed by atoms with Gasteiger partial charge in [0.2, 0.25) is 0 Å². The molecule has 0 atom stereocenters. The van der Waals surface area contributed by atoms with Gasteiger partial charge in [-0.3, -0.25) is 9.89 Å². The Labute approximate surface area is 98.4 Å². The van der Waals surface area contributed by atoms with Crippen LogP contribution in [0.15, 0.2) is 23.0 Å². The lowest BCUT2D eigenvalue weighted by Crippen LogP contribution is -2.27. The lowest BCUT2D eigenvalue weighted by atomic mass is 10.2. The first-order chi connectivity index (χ1) is 8.09. The number of aromatic nitrogens is 2. The molecule has 1 amide bonds. The first-order valence-corrected chi connectivity index (χ1v) is 5.16. The van der Waals surface area contributed by atoms with Crippen molar-refractivity contribution < 1.29 is 9.21 Å². The molecular formula is C11H14N4O2. The maximum atomic E-state index is 12.0. The van der Waals surface area contributed by atoms with E-state index in [1.165, 1.54) is 4.90 Å². The molecule has 0 fully saturated rings. The molecule has 0 aliphatic carbocycles. The van der Waals surface area contributed by atoms with E-state index < -0.39 is 0 Å². The molecule has 2 aromatic heterocycles. The molecular weight excluding hydrogens is 220 g/mol. The van der Waals surface area contributed by atoms with Crippen molar-refractivity contribution in [3.63, 3.8) is 0 Å². The number of anilines is 1. The van der Waals surface area contributed by atoms with Crippen LogP contribution in [0.25, 0.3) is 0 Å². The summed E-state index contributed by atoms with van der Waals surface area (Å²) in [6.07, 6.45) is 3.17. The summed E-state index contributed by atoms with van der Waals surface area (Å²) in [5, 5.41) is 6.59. The number of nitrogens with one attached hydrogen (secondary N) is 1. The molecule has 2 rings (SSSR count). The summed E-state index contributed by atoms with van der Waals surface area (Å²) in [5.41, 5.74) is 8.03. The number of H-pyrrole nitrogens is 1. The molecule has 0 saturated heterocycles. The highest BCUT2D eigenvalue weighted by Gasteiger charge is 2.19. The molecule has 0 radical (unpaired) electrons. The van der Waals surface area contributed by atoms with Crippen LogP contribution in [0.5, 0.6) is 0 Å². The third-order valence-corrected chi connectivity index (χ3v) is 2.54. The zero-order valence-corrected chi connectivity index (χ0v) is 9.73. The highest BCUT2D eigenvalue weighted by atomic mass is 16.3. The van der Waals surface area contributed by atoms with Crippen molar-refractivity contribution in [3.8, 4) is 0 Å². The Bertz CT molecular complexity index is 516. The lowest BCUT2D eigenvalue weighted by molar-refractivity contribution is 0.0780. The number of carbonyl (C=O) groups is 1. The number of hydrogen-bond donors (Lipinski definition) is 2. The summed E-state index contributed by atoms with van der Waals surface area (Å²) in [7, 11) is 1.69. The molecule has 0 aliphatic rings. The lowest BCUT2D eigenvalue weighted by Gasteiger charge is -2.14. The van der Waals surface area contributed by atoms with Crippen LogP contribution in [0.1, 0.15) is 21.7 Å². The predicted molar refractivity (Wildman–Crippen MR) is 62.2 cm³/mol. The molecule has 0 saturated carbocycles. The van der Waals surface area contributed by atoms with Gasteiger partial charge in [-0.25, -0.2) is 0 Å². The highest BCUT2D eigenvalue weighted by Crippen LogP contribution is 2.15. The Morgan fingerprint density at radius 1 is 1.65 bits per heavy atom. The third kappa shape index (κ3) is 2.15. The van der Waals surface area contributed by atoms with Crippen LogP contribution in [0.4, 0.5) is 5.69 Å². The van der Waals surface area contributed by atoms with Gasteiger partial charge in [-0.05, 0) is 13.0 Å². The van der Waals surface area contributed by atoms with Gasteiger partial charge >= 0.3 is 0 Å². The van der Waals surface area contributed by atoms with E-state index in [1.54, 1.807) is 26.5 Å². The average Bonchev–Trinajstić information content (AvgIpc) is 2.90. The van der Waals surface area contributed by atoms with Crippen molar-refractivity contribution in [3.05, 3.63) is 35.5 Å². The van der Waals surface area contributed by atoms with Crippen molar-refractivity contribution >= 4 is 11.6 Å². The summed E-state index contributed by atoms with van der Waals surface area (Å²) in [4.78, 5) is 13.6. The van der Waals surface area contributed by atoms with E-state index in [0.717, 1.165) is 5.56 Å². The Morgan fingerprint density at radius 3 is 2.94 bits per heavy atom. The fourth-order valence-corrected chi connectivity index (χ4v) is 1.51. The molecule has 2 heterocycles. The number of nitrogens with two attached hydrogens (primary N) is 1. The minimum atomic E-state index is -0.215. The molecule has 3 N–H and O–H groups in total. The van der Waals surface area contributed by atoms with Gasteiger partial charge in [0.05, 0.1) is 23.9 Å². The molecule has 90 valence electrons. The van der Waals surface area contributed by atoms with Gasteiger partial charge in [0.1, 0.15) is 0 Å². The van der Waals surface area contributed by atoms with Gasteiger partial charge in [-0.15, -0.1) is 0 Å². The van der Waals surface area contributed by atoms with E-state index in [1.807, 2.05) is 6.07 Å². The smallest absolute Gasteiger partial charge is 0.276 e. The van der Waals surface area contributed by atoms with Gasteiger partial charge in [-0.2, -0.15) is 5.10 Å². The Balaban J connectivity index is 2.12. The van der Waals surface area contributed by atoms with Crippen molar-refractivity contribution in [2.24, 2.45) is 0 Å². The number of hydrogen-bond acceptors (Lipinski definition) is 4. The molecule has 0 aliphatic heterocycles. The summed E-state index contributed by atoms with van der Waals surface area (Å²) < 4.78 is 4.94. The topological polar surface area (TPSA) is 88.2 Å². The van der Waals surface area contributed by atoms with Gasteiger partial charge in [0, 0.05) is 19.2 Å². The largest absolute Gasteiger partial charge is 0.472 e. The first kappa shape index (κ1) is 11.3. The number of furan rings is 1. The van der Waals surface area contributed by atoms with Gasteiger partial charge in [-0.1, -0.05) is 0 Å². The summed E-state index contributed by atoms with van der Waals surface area (Å²) in [6.45, 7) is 2.23. The van der Waals surface area contributed by atoms with Crippen molar-refractivity contribution in [1.82, 2.24) is 15.1 Å². The monoisotopic (exact) mass is 234 g/mol. The quantitative estimate of drug-likeness (QED) is 0.834. The molecule has 6 heteroatoms. The zero-order chi connectivity index (χ0) is 12.4. The molecule has 0 spiro atoms. The second-order valence-electron chi connectivity index (χ2n) is 3.90. The molecule has 6 nitrogen and oxygen atoms in total. The maximum absolute atomic E-state index is 12.0. The SMILES string of the molecule is Cc1[nH]nc(C(=O)N(C)Cc2ccoc2)c1N. The summed E-state index contributed by atoms with van der Waals surface area (Å²) in [5.74, 6) is -0.215. The highest BCUT2D eigenvalue weighted by molar-refractivity contribution is 5.97. The number of nitrogens with zero attached hydrogens (tertiary/aromatic N) is 2. The number of amides is 1. The summed E-state index contributed by atoms with van der Waals surface area (Å²) >= 11 is 0. The van der Waals surface area contributed by atoms with Crippen LogP contribution >= 0.6 is 0 Å². The van der Waals surface area contributed by atoms with Crippen LogP contribution < -0.4 is 5.73 Å². The van der Waals surface area contributed by atoms with Gasteiger partial charge in [0.25, 0.3) is 5.91 Å². The zero-order valence-electron chi connectivity index (χ0n) is 9.73. The van der Waals surface area contributed by atoms with E-state index in [0.29, 0.717) is 17.9 Å². The van der Waals surface area contributed by atoms with E-state index >= 15 is 0 Å². The van der Waals surface area contributed by atoms with E-state index in [2.05, 4.69) is 10.2 Å². The average molecular weight is 234 g/mol. The minimum absolute atomic E-state index is 0.215. The molecule has 0 bridgehead atoms. The molecule has 0 aromatic carbocycles. The van der Waals surface area contributed by atoms with Crippen molar-refractivity contribution in [2.75, 3.05) is 12.8 Å². The van der Waals surface area contributed by atoms with Crippen LogP contribution in [0.3, 0.4) is 0 Å². The number of aryl methyl sites for hydroxylation is 1. The standard InChI is InChI=1S/C11H14N4O2/c1-7-9(12)10(14-13-7)11(16)15(2)5-8-3-4-17-6-8/h3-4,6H,5,12H2,1-2H3,(H,13,14). The van der Waals surface area contributed by atoms with E-state index in [4.69, 9.17) is 10.2 Å². The van der Waals surface area contributed by atoms with Crippen LogP contribution in [0, 0.1) is 6.92 Å².